The quantitative estimate of drug-likeness (QED) is 0.588. The average Bonchev–Trinajstić information content (AvgIpc) is 2.91. The molecule has 0 saturated carbocycles. The van der Waals surface area contributed by atoms with Gasteiger partial charge in [-0.1, -0.05) is 23.4 Å². The molecule has 3 aromatic rings. The number of amides is 1. The summed E-state index contributed by atoms with van der Waals surface area (Å²) in [5, 5.41) is 17.7. The van der Waals surface area contributed by atoms with Gasteiger partial charge in [-0.05, 0) is 18.2 Å². The molecule has 0 unspecified atom stereocenters. The molecule has 7 nitrogen and oxygen atoms in total. The van der Waals surface area contributed by atoms with Crippen molar-refractivity contribution in [1.82, 2.24) is 5.16 Å². The van der Waals surface area contributed by atoms with Gasteiger partial charge in [-0.2, -0.15) is 0 Å². The number of para-hydroxylation sites is 1. The maximum absolute atomic E-state index is 12.1. The molecule has 0 aliphatic heterocycles. The normalized spacial score (nSPS) is 10.5. The van der Waals surface area contributed by atoms with Gasteiger partial charge in [0.2, 0.25) is 0 Å². The first-order chi connectivity index (χ1) is 10.1. The molecular formula is C14H9N3O4. The Morgan fingerprint density at radius 1 is 1.19 bits per heavy atom. The Morgan fingerprint density at radius 2 is 2.00 bits per heavy atom. The van der Waals surface area contributed by atoms with Crippen molar-refractivity contribution in [2.24, 2.45) is 0 Å². The predicted octanol–water partition coefficient (Wildman–Crippen LogP) is 2.99. The molecule has 1 amide bonds. The zero-order valence-corrected chi connectivity index (χ0v) is 10.6. The van der Waals surface area contributed by atoms with Crippen LogP contribution in [0.1, 0.15) is 10.4 Å². The van der Waals surface area contributed by atoms with Crippen molar-refractivity contribution >= 4 is 28.4 Å². The largest absolute Gasteiger partial charge is 0.354 e. The standard InChI is InChI=1S/C14H9N3O4/c18-14(9-4-3-5-10(8-9)17(19)20)15-13-11-6-1-2-7-12(11)21-16-13/h1-8H,(H,15,16,18). The summed E-state index contributed by atoms with van der Waals surface area (Å²) in [4.78, 5) is 22.3. The number of benzene rings is 2. The molecule has 7 heteroatoms. The molecule has 3 rings (SSSR count). The molecule has 1 N–H and O–H groups in total. The Morgan fingerprint density at radius 3 is 2.81 bits per heavy atom. The second-order valence-electron chi connectivity index (χ2n) is 4.29. The maximum Gasteiger partial charge on any atom is 0.270 e. The van der Waals surface area contributed by atoms with Crippen LogP contribution < -0.4 is 5.32 Å². The number of nitrogens with one attached hydrogen (secondary N) is 1. The Bertz CT molecular complexity index is 841. The molecule has 0 atom stereocenters. The average molecular weight is 283 g/mol. The lowest BCUT2D eigenvalue weighted by Crippen LogP contribution is -2.12. The van der Waals surface area contributed by atoms with Crippen molar-refractivity contribution in [1.29, 1.82) is 0 Å². The number of rotatable bonds is 3. The summed E-state index contributed by atoms with van der Waals surface area (Å²) in [5.41, 5.74) is 0.579. The summed E-state index contributed by atoms with van der Waals surface area (Å²) in [7, 11) is 0. The summed E-state index contributed by atoms with van der Waals surface area (Å²) in [6.07, 6.45) is 0. The highest BCUT2D eigenvalue weighted by Gasteiger charge is 2.14. The second-order valence-corrected chi connectivity index (χ2v) is 4.29. The highest BCUT2D eigenvalue weighted by atomic mass is 16.6. The molecule has 21 heavy (non-hydrogen) atoms. The van der Waals surface area contributed by atoms with Gasteiger partial charge in [-0.25, -0.2) is 0 Å². The van der Waals surface area contributed by atoms with Crippen LogP contribution in [0.25, 0.3) is 11.0 Å². The van der Waals surface area contributed by atoms with Crippen molar-refractivity contribution in [3.05, 3.63) is 64.2 Å². The van der Waals surface area contributed by atoms with E-state index in [1.54, 1.807) is 24.3 Å². The highest BCUT2D eigenvalue weighted by Crippen LogP contribution is 2.23. The highest BCUT2D eigenvalue weighted by molar-refractivity contribution is 6.07. The van der Waals surface area contributed by atoms with E-state index in [2.05, 4.69) is 10.5 Å². The van der Waals surface area contributed by atoms with Crippen molar-refractivity contribution in [3.8, 4) is 0 Å². The van der Waals surface area contributed by atoms with Gasteiger partial charge in [-0.15, -0.1) is 0 Å². The molecular weight excluding hydrogens is 274 g/mol. The SMILES string of the molecule is O=C(Nc1noc2ccccc12)c1cccc([N+](=O)[O-])c1. The van der Waals surface area contributed by atoms with E-state index in [1.807, 2.05) is 0 Å². The number of anilines is 1. The van der Waals surface area contributed by atoms with Crippen LogP contribution in [0.5, 0.6) is 0 Å². The molecule has 0 aliphatic carbocycles. The first kappa shape index (κ1) is 12.8. The van der Waals surface area contributed by atoms with Crippen molar-refractivity contribution in [2.45, 2.75) is 0 Å². The number of non-ortho nitro benzene ring substituents is 1. The molecule has 1 aromatic heterocycles. The van der Waals surface area contributed by atoms with Gasteiger partial charge in [0.25, 0.3) is 11.6 Å². The lowest BCUT2D eigenvalue weighted by Gasteiger charge is -2.01. The van der Waals surface area contributed by atoms with Crippen LogP contribution >= 0.6 is 0 Å². The van der Waals surface area contributed by atoms with Crippen LogP contribution in [0.15, 0.2) is 53.1 Å². The number of hydrogen-bond donors (Lipinski definition) is 1. The molecule has 2 aromatic carbocycles. The Labute approximate surface area is 118 Å². The van der Waals surface area contributed by atoms with Gasteiger partial charge in [0, 0.05) is 17.7 Å². The zero-order valence-electron chi connectivity index (χ0n) is 10.6. The monoisotopic (exact) mass is 283 g/mol. The van der Waals surface area contributed by atoms with E-state index in [4.69, 9.17) is 4.52 Å². The van der Waals surface area contributed by atoms with Crippen molar-refractivity contribution < 1.29 is 14.2 Å². The fourth-order valence-corrected chi connectivity index (χ4v) is 1.92. The van der Waals surface area contributed by atoms with Crippen LogP contribution in [-0.2, 0) is 0 Å². The van der Waals surface area contributed by atoms with Gasteiger partial charge >= 0.3 is 0 Å². The van der Waals surface area contributed by atoms with E-state index < -0.39 is 10.8 Å². The van der Waals surface area contributed by atoms with Crippen LogP contribution in [0.3, 0.4) is 0 Å². The number of nitro groups is 1. The third-order valence-electron chi connectivity index (χ3n) is 2.93. The van der Waals surface area contributed by atoms with Crippen LogP contribution in [-0.4, -0.2) is 16.0 Å². The number of aromatic nitrogens is 1. The molecule has 0 bridgehead atoms. The third kappa shape index (κ3) is 2.44. The molecule has 104 valence electrons. The predicted molar refractivity (Wildman–Crippen MR) is 75.1 cm³/mol. The molecule has 0 aliphatic rings. The number of carbonyl (C=O) groups is 1. The summed E-state index contributed by atoms with van der Waals surface area (Å²) in [5.74, 6) is -0.208. The lowest BCUT2D eigenvalue weighted by atomic mass is 10.2. The number of hydrogen-bond acceptors (Lipinski definition) is 5. The van der Waals surface area contributed by atoms with E-state index in [1.165, 1.54) is 24.3 Å². The first-order valence-electron chi connectivity index (χ1n) is 6.05. The Kier molecular flexibility index (Phi) is 3.07. The molecule has 0 fully saturated rings. The number of nitro benzene ring substituents is 1. The lowest BCUT2D eigenvalue weighted by molar-refractivity contribution is -0.384. The third-order valence-corrected chi connectivity index (χ3v) is 2.93. The smallest absolute Gasteiger partial charge is 0.270 e. The van der Waals surface area contributed by atoms with E-state index in [9.17, 15) is 14.9 Å². The van der Waals surface area contributed by atoms with Crippen molar-refractivity contribution in [2.75, 3.05) is 5.32 Å². The molecule has 0 saturated heterocycles. The van der Waals surface area contributed by atoms with Crippen molar-refractivity contribution in [3.63, 3.8) is 0 Å². The minimum absolute atomic E-state index is 0.146. The molecule has 0 spiro atoms. The zero-order chi connectivity index (χ0) is 14.8. The Balaban J connectivity index is 1.89. The number of fused-ring (bicyclic) bond motifs is 1. The van der Waals surface area contributed by atoms with Crippen LogP contribution in [0.2, 0.25) is 0 Å². The summed E-state index contributed by atoms with van der Waals surface area (Å²) >= 11 is 0. The number of nitrogens with zero attached hydrogens (tertiary/aromatic N) is 2. The minimum Gasteiger partial charge on any atom is -0.354 e. The first-order valence-corrected chi connectivity index (χ1v) is 6.05. The Hall–Kier alpha value is -3.22. The molecule has 1 heterocycles. The minimum atomic E-state index is -0.553. The second kappa shape index (κ2) is 5.04. The number of carbonyl (C=O) groups excluding carboxylic acids is 1. The van der Waals surface area contributed by atoms with Gasteiger partial charge < -0.3 is 9.84 Å². The molecule has 0 radical (unpaired) electrons. The fourth-order valence-electron chi connectivity index (χ4n) is 1.92. The van der Waals surface area contributed by atoms with E-state index >= 15 is 0 Å². The van der Waals surface area contributed by atoms with E-state index in [0.29, 0.717) is 11.0 Å². The van der Waals surface area contributed by atoms with Crippen LogP contribution in [0.4, 0.5) is 11.5 Å². The van der Waals surface area contributed by atoms with Gasteiger partial charge in [0.15, 0.2) is 11.4 Å². The van der Waals surface area contributed by atoms with Gasteiger partial charge in [0.1, 0.15) is 0 Å². The fraction of sp³-hybridized carbons (Fsp3) is 0. The van der Waals surface area contributed by atoms with Gasteiger partial charge in [0.05, 0.1) is 10.3 Å². The topological polar surface area (TPSA) is 98.3 Å². The summed E-state index contributed by atoms with van der Waals surface area (Å²) < 4.78 is 5.07. The maximum atomic E-state index is 12.1. The summed E-state index contributed by atoms with van der Waals surface area (Å²) in [6, 6.07) is 12.5. The summed E-state index contributed by atoms with van der Waals surface area (Å²) in [6.45, 7) is 0. The van der Waals surface area contributed by atoms with E-state index in [0.717, 1.165) is 0 Å². The van der Waals surface area contributed by atoms with Gasteiger partial charge in [-0.3, -0.25) is 14.9 Å². The van der Waals surface area contributed by atoms with Crippen LogP contribution in [0, 0.1) is 10.1 Å². The van der Waals surface area contributed by atoms with E-state index in [-0.39, 0.29) is 17.1 Å².